The lowest BCUT2D eigenvalue weighted by Gasteiger charge is -2.15. The Morgan fingerprint density at radius 1 is 0.903 bits per heavy atom. The van der Waals surface area contributed by atoms with E-state index in [4.69, 9.17) is 4.74 Å². The molecule has 6 nitrogen and oxygen atoms in total. The van der Waals surface area contributed by atoms with Crippen LogP contribution in [0.1, 0.15) is 44.8 Å². The van der Waals surface area contributed by atoms with Crippen molar-refractivity contribution in [1.82, 2.24) is 5.32 Å². The van der Waals surface area contributed by atoms with E-state index < -0.39 is 18.5 Å². The number of esters is 1. The summed E-state index contributed by atoms with van der Waals surface area (Å²) in [6.45, 7) is 3.33. The van der Waals surface area contributed by atoms with Crippen LogP contribution in [0, 0.1) is 6.92 Å². The maximum atomic E-state index is 12.5. The van der Waals surface area contributed by atoms with E-state index in [2.05, 4.69) is 10.6 Å². The van der Waals surface area contributed by atoms with E-state index in [1.54, 1.807) is 42.5 Å². The molecule has 0 aromatic heterocycles. The zero-order valence-corrected chi connectivity index (χ0v) is 17.4. The third-order valence-corrected chi connectivity index (χ3v) is 4.69. The van der Waals surface area contributed by atoms with Crippen LogP contribution >= 0.6 is 0 Å². The summed E-state index contributed by atoms with van der Waals surface area (Å²) in [7, 11) is 0. The zero-order chi connectivity index (χ0) is 22.2. The number of aryl methyl sites for hydroxylation is 1. The summed E-state index contributed by atoms with van der Waals surface area (Å²) in [6, 6.07) is 22.9. The first-order chi connectivity index (χ1) is 14.9. The number of carbonyl (C=O) groups excluding carboxylic acids is 3. The van der Waals surface area contributed by atoms with Gasteiger partial charge in [0, 0.05) is 5.56 Å². The molecule has 3 rings (SSSR count). The van der Waals surface area contributed by atoms with E-state index in [-0.39, 0.29) is 17.5 Å². The van der Waals surface area contributed by atoms with Crippen molar-refractivity contribution in [2.75, 3.05) is 11.9 Å². The molecule has 0 heterocycles. The van der Waals surface area contributed by atoms with Crippen LogP contribution in [0.5, 0.6) is 0 Å². The number of nitrogens with one attached hydrogen (secondary N) is 2. The molecule has 0 saturated heterocycles. The molecule has 0 aliphatic rings. The van der Waals surface area contributed by atoms with Crippen molar-refractivity contribution in [3.8, 4) is 0 Å². The third kappa shape index (κ3) is 6.02. The predicted octanol–water partition coefficient (Wildman–Crippen LogP) is 4.28. The number of anilines is 1. The molecule has 0 saturated carbocycles. The number of carbonyl (C=O) groups is 3. The highest BCUT2D eigenvalue weighted by Crippen LogP contribution is 2.18. The number of para-hydroxylation sites is 1. The van der Waals surface area contributed by atoms with Gasteiger partial charge in [-0.2, -0.15) is 0 Å². The summed E-state index contributed by atoms with van der Waals surface area (Å²) in [5.41, 5.74) is 2.88. The molecule has 3 aromatic carbocycles. The maximum Gasteiger partial charge on any atom is 0.340 e. The number of hydrogen-bond donors (Lipinski definition) is 2. The van der Waals surface area contributed by atoms with Crippen LogP contribution in [0.15, 0.2) is 78.9 Å². The van der Waals surface area contributed by atoms with Crippen LogP contribution in [0.4, 0.5) is 5.69 Å². The molecule has 0 unspecified atom stereocenters. The minimum absolute atomic E-state index is 0.174. The van der Waals surface area contributed by atoms with Crippen molar-refractivity contribution < 1.29 is 19.1 Å². The molecule has 0 aliphatic carbocycles. The lowest BCUT2D eigenvalue weighted by Crippen LogP contribution is -2.31. The zero-order valence-electron chi connectivity index (χ0n) is 17.4. The van der Waals surface area contributed by atoms with Crippen molar-refractivity contribution in [3.63, 3.8) is 0 Å². The Balaban J connectivity index is 1.60. The molecule has 2 N–H and O–H groups in total. The van der Waals surface area contributed by atoms with Crippen molar-refractivity contribution in [3.05, 3.63) is 101 Å². The minimum atomic E-state index is -0.692. The molecule has 158 valence electrons. The normalized spacial score (nSPS) is 11.3. The highest BCUT2D eigenvalue weighted by molar-refractivity contribution is 6.08. The van der Waals surface area contributed by atoms with Gasteiger partial charge in [-0.1, -0.05) is 60.2 Å². The Labute approximate surface area is 181 Å². The molecule has 3 aromatic rings. The summed E-state index contributed by atoms with van der Waals surface area (Å²) >= 11 is 0. The minimum Gasteiger partial charge on any atom is -0.452 e. The fourth-order valence-corrected chi connectivity index (χ4v) is 3.07. The summed E-state index contributed by atoms with van der Waals surface area (Å²) in [5.74, 6) is -1.44. The Morgan fingerprint density at radius 3 is 2.35 bits per heavy atom. The second-order valence-electron chi connectivity index (χ2n) is 7.15. The Hall–Kier alpha value is -3.93. The Kier molecular flexibility index (Phi) is 7.17. The molecule has 0 fully saturated rings. The molecule has 0 spiro atoms. The molecule has 0 bridgehead atoms. The van der Waals surface area contributed by atoms with Crippen molar-refractivity contribution in [2.24, 2.45) is 0 Å². The van der Waals surface area contributed by atoms with Gasteiger partial charge in [0.05, 0.1) is 17.3 Å². The molecular weight excluding hydrogens is 392 g/mol. The topological polar surface area (TPSA) is 84.5 Å². The molecule has 0 radical (unpaired) electrons. The monoisotopic (exact) mass is 416 g/mol. The second-order valence-corrected chi connectivity index (χ2v) is 7.15. The van der Waals surface area contributed by atoms with Crippen LogP contribution < -0.4 is 10.6 Å². The van der Waals surface area contributed by atoms with Gasteiger partial charge in [0.2, 0.25) is 0 Å². The number of rotatable bonds is 7. The van der Waals surface area contributed by atoms with Gasteiger partial charge in [-0.15, -0.1) is 0 Å². The van der Waals surface area contributed by atoms with Crippen LogP contribution in [-0.4, -0.2) is 24.4 Å². The first-order valence-corrected chi connectivity index (χ1v) is 9.92. The van der Waals surface area contributed by atoms with E-state index in [0.717, 1.165) is 11.1 Å². The van der Waals surface area contributed by atoms with Crippen LogP contribution in [0.25, 0.3) is 0 Å². The predicted molar refractivity (Wildman–Crippen MR) is 119 cm³/mol. The molecule has 6 heteroatoms. The van der Waals surface area contributed by atoms with Crippen molar-refractivity contribution >= 4 is 23.5 Å². The van der Waals surface area contributed by atoms with Gasteiger partial charge in [0.1, 0.15) is 0 Å². The summed E-state index contributed by atoms with van der Waals surface area (Å²) in [4.78, 5) is 37.3. The van der Waals surface area contributed by atoms with Gasteiger partial charge < -0.3 is 15.4 Å². The van der Waals surface area contributed by atoms with Gasteiger partial charge in [-0.25, -0.2) is 4.79 Å². The lowest BCUT2D eigenvalue weighted by molar-refractivity contribution is -0.124. The quantitative estimate of drug-likeness (QED) is 0.563. The first-order valence-electron chi connectivity index (χ1n) is 9.92. The smallest absolute Gasteiger partial charge is 0.340 e. The van der Waals surface area contributed by atoms with E-state index in [1.807, 2.05) is 50.2 Å². The van der Waals surface area contributed by atoms with E-state index >= 15 is 0 Å². The van der Waals surface area contributed by atoms with Crippen molar-refractivity contribution in [1.29, 1.82) is 0 Å². The SMILES string of the molecule is Cc1cccc(C(=O)Nc2ccccc2C(=O)OCC(=O)N[C@@H](C)c2ccccc2)c1. The molecule has 0 aliphatic heterocycles. The summed E-state index contributed by atoms with van der Waals surface area (Å²) in [5, 5.41) is 5.53. The van der Waals surface area contributed by atoms with Gasteiger partial charge >= 0.3 is 5.97 Å². The van der Waals surface area contributed by atoms with Crippen LogP contribution in [0.3, 0.4) is 0 Å². The van der Waals surface area contributed by atoms with Gasteiger partial charge in [-0.05, 0) is 43.7 Å². The van der Waals surface area contributed by atoms with E-state index in [0.29, 0.717) is 11.3 Å². The fraction of sp³-hybridized carbons (Fsp3) is 0.160. The van der Waals surface area contributed by atoms with E-state index in [9.17, 15) is 14.4 Å². The number of hydrogen-bond acceptors (Lipinski definition) is 4. The lowest BCUT2D eigenvalue weighted by atomic mass is 10.1. The van der Waals surface area contributed by atoms with Gasteiger partial charge in [0.25, 0.3) is 11.8 Å². The molecule has 1 atom stereocenters. The molecular formula is C25H24N2O4. The summed E-state index contributed by atoms with van der Waals surface area (Å²) < 4.78 is 5.17. The third-order valence-electron chi connectivity index (χ3n) is 4.69. The average Bonchev–Trinajstić information content (AvgIpc) is 2.78. The Morgan fingerprint density at radius 2 is 1.61 bits per heavy atom. The van der Waals surface area contributed by atoms with Crippen LogP contribution in [-0.2, 0) is 9.53 Å². The average molecular weight is 416 g/mol. The molecule has 31 heavy (non-hydrogen) atoms. The van der Waals surface area contributed by atoms with Crippen LogP contribution in [0.2, 0.25) is 0 Å². The number of benzene rings is 3. The largest absolute Gasteiger partial charge is 0.452 e. The highest BCUT2D eigenvalue weighted by atomic mass is 16.5. The van der Waals surface area contributed by atoms with E-state index in [1.165, 1.54) is 0 Å². The number of amides is 2. The number of ether oxygens (including phenoxy) is 1. The second kappa shape index (κ2) is 10.2. The summed E-state index contributed by atoms with van der Waals surface area (Å²) in [6.07, 6.45) is 0. The first kappa shape index (κ1) is 21.8. The fourth-order valence-electron chi connectivity index (χ4n) is 3.07. The van der Waals surface area contributed by atoms with Crippen molar-refractivity contribution in [2.45, 2.75) is 19.9 Å². The van der Waals surface area contributed by atoms with Gasteiger partial charge in [-0.3, -0.25) is 9.59 Å². The Bertz CT molecular complexity index is 1080. The standard InChI is InChI=1S/C25H24N2O4/c1-17-9-8-12-20(15-17)24(29)27-22-14-7-6-13-21(22)25(30)31-16-23(28)26-18(2)19-10-4-3-5-11-19/h3-15,18H,16H2,1-2H3,(H,26,28)(H,27,29)/t18-/m0/s1. The highest BCUT2D eigenvalue weighted by Gasteiger charge is 2.17. The molecule has 2 amide bonds. The van der Waals surface area contributed by atoms with Gasteiger partial charge in [0.15, 0.2) is 6.61 Å². The maximum absolute atomic E-state index is 12.5.